The molecule has 0 radical (unpaired) electrons. The first-order valence-electron chi connectivity index (χ1n) is 5.43. The molecule has 0 atom stereocenters. The molecule has 0 fully saturated rings. The summed E-state index contributed by atoms with van der Waals surface area (Å²) >= 11 is 5.97. The van der Waals surface area contributed by atoms with Crippen LogP contribution < -0.4 is 10.6 Å². The number of aromatic nitrogens is 1. The highest BCUT2D eigenvalue weighted by atomic mass is 35.5. The molecule has 16 heavy (non-hydrogen) atoms. The van der Waals surface area contributed by atoms with E-state index in [9.17, 15) is 0 Å². The van der Waals surface area contributed by atoms with Gasteiger partial charge in [0.1, 0.15) is 5.82 Å². The molecule has 0 amide bonds. The van der Waals surface area contributed by atoms with Crippen LogP contribution in [0.1, 0.15) is 18.9 Å². The summed E-state index contributed by atoms with van der Waals surface area (Å²) in [5.41, 5.74) is 6.54. The number of hydrogen-bond acceptors (Lipinski definition) is 3. The number of pyridine rings is 1. The van der Waals surface area contributed by atoms with E-state index in [1.165, 1.54) is 0 Å². The van der Waals surface area contributed by atoms with E-state index >= 15 is 0 Å². The van der Waals surface area contributed by atoms with Crippen LogP contribution in [-0.4, -0.2) is 18.1 Å². The monoisotopic (exact) mass is 239 g/mol. The number of rotatable bonds is 6. The van der Waals surface area contributed by atoms with Crippen LogP contribution in [0.5, 0.6) is 0 Å². The van der Waals surface area contributed by atoms with Gasteiger partial charge in [0.15, 0.2) is 0 Å². The van der Waals surface area contributed by atoms with Crippen LogP contribution >= 0.6 is 11.6 Å². The quantitative estimate of drug-likeness (QED) is 0.776. The van der Waals surface area contributed by atoms with Crippen molar-refractivity contribution in [2.75, 3.05) is 18.0 Å². The lowest BCUT2D eigenvalue weighted by Crippen LogP contribution is -2.25. The first kappa shape index (κ1) is 13.0. The Hall–Kier alpha value is -1.06. The molecule has 0 bridgehead atoms. The second kappa shape index (κ2) is 6.51. The zero-order chi connectivity index (χ0) is 12.0. The molecule has 0 spiro atoms. The standard InChI is InChI=1S/C12H18ClN3/c1-3-5-16(6-4-2)12-7-10(8-14)11(13)9-15-12/h3,7,9H,1,4-6,8,14H2,2H3. The smallest absolute Gasteiger partial charge is 0.129 e. The summed E-state index contributed by atoms with van der Waals surface area (Å²) in [6.07, 6.45) is 4.59. The topological polar surface area (TPSA) is 42.1 Å². The summed E-state index contributed by atoms with van der Waals surface area (Å²) in [6.45, 7) is 8.05. The second-order valence-electron chi connectivity index (χ2n) is 3.57. The van der Waals surface area contributed by atoms with Crippen LogP contribution in [0.25, 0.3) is 0 Å². The van der Waals surface area contributed by atoms with Gasteiger partial charge in [-0.1, -0.05) is 24.6 Å². The lowest BCUT2D eigenvalue weighted by atomic mass is 10.2. The maximum atomic E-state index is 5.97. The van der Waals surface area contributed by atoms with Crippen molar-refractivity contribution >= 4 is 17.4 Å². The number of hydrogen-bond donors (Lipinski definition) is 1. The fourth-order valence-electron chi connectivity index (χ4n) is 1.52. The van der Waals surface area contributed by atoms with E-state index in [2.05, 4.69) is 23.4 Å². The molecule has 0 unspecified atom stereocenters. The van der Waals surface area contributed by atoms with Gasteiger partial charge < -0.3 is 10.6 Å². The Bertz CT molecular complexity index is 352. The Kier molecular flexibility index (Phi) is 5.29. The van der Waals surface area contributed by atoms with Crippen molar-refractivity contribution in [3.63, 3.8) is 0 Å². The SMILES string of the molecule is C=CCN(CCC)c1cc(CN)c(Cl)cn1. The van der Waals surface area contributed by atoms with Gasteiger partial charge in [0.05, 0.1) is 5.02 Å². The highest BCUT2D eigenvalue weighted by Crippen LogP contribution is 2.20. The van der Waals surface area contributed by atoms with Crippen LogP contribution in [0.2, 0.25) is 5.02 Å². The number of nitrogens with zero attached hydrogens (tertiary/aromatic N) is 2. The molecule has 3 nitrogen and oxygen atoms in total. The lowest BCUT2D eigenvalue weighted by molar-refractivity contribution is 0.800. The van der Waals surface area contributed by atoms with E-state index < -0.39 is 0 Å². The van der Waals surface area contributed by atoms with Gasteiger partial charge in [0, 0.05) is 25.8 Å². The summed E-state index contributed by atoms with van der Waals surface area (Å²) < 4.78 is 0. The maximum Gasteiger partial charge on any atom is 0.129 e. The van der Waals surface area contributed by atoms with Crippen LogP contribution in [0.4, 0.5) is 5.82 Å². The molecule has 1 aromatic rings. The first-order chi connectivity index (χ1) is 7.72. The Morgan fingerprint density at radius 1 is 1.62 bits per heavy atom. The molecule has 0 saturated heterocycles. The van der Waals surface area contributed by atoms with Gasteiger partial charge in [0.25, 0.3) is 0 Å². The van der Waals surface area contributed by atoms with E-state index in [1.807, 2.05) is 12.1 Å². The predicted molar refractivity (Wildman–Crippen MR) is 69.8 cm³/mol. The third-order valence-corrected chi connectivity index (χ3v) is 2.65. The predicted octanol–water partition coefficient (Wildman–Crippen LogP) is 2.60. The van der Waals surface area contributed by atoms with Gasteiger partial charge >= 0.3 is 0 Å². The zero-order valence-electron chi connectivity index (χ0n) is 9.62. The molecular formula is C12H18ClN3. The van der Waals surface area contributed by atoms with Crippen molar-refractivity contribution in [2.24, 2.45) is 5.73 Å². The Balaban J connectivity index is 2.94. The van der Waals surface area contributed by atoms with E-state index in [1.54, 1.807) is 6.20 Å². The molecule has 0 saturated carbocycles. The Morgan fingerprint density at radius 2 is 2.38 bits per heavy atom. The Morgan fingerprint density at radius 3 is 2.94 bits per heavy atom. The van der Waals surface area contributed by atoms with Crippen LogP contribution in [0.3, 0.4) is 0 Å². The van der Waals surface area contributed by atoms with Gasteiger partial charge in [-0.2, -0.15) is 0 Å². The van der Waals surface area contributed by atoms with Gasteiger partial charge in [0.2, 0.25) is 0 Å². The molecular weight excluding hydrogens is 222 g/mol. The molecule has 0 aromatic carbocycles. The summed E-state index contributed by atoms with van der Waals surface area (Å²) in [6, 6.07) is 1.95. The van der Waals surface area contributed by atoms with E-state index in [-0.39, 0.29) is 0 Å². The molecule has 4 heteroatoms. The molecule has 1 rings (SSSR count). The average molecular weight is 240 g/mol. The number of halogens is 1. The lowest BCUT2D eigenvalue weighted by Gasteiger charge is -2.22. The van der Waals surface area contributed by atoms with Crippen LogP contribution in [-0.2, 0) is 6.54 Å². The molecule has 88 valence electrons. The molecule has 0 aliphatic carbocycles. The summed E-state index contributed by atoms with van der Waals surface area (Å²) in [7, 11) is 0. The van der Waals surface area contributed by atoms with Gasteiger partial charge in [-0.25, -0.2) is 4.98 Å². The minimum absolute atomic E-state index is 0.433. The Labute approximate surface area is 102 Å². The van der Waals surface area contributed by atoms with Crippen LogP contribution in [0, 0.1) is 0 Å². The van der Waals surface area contributed by atoms with E-state index in [0.717, 1.165) is 30.9 Å². The second-order valence-corrected chi connectivity index (χ2v) is 3.98. The van der Waals surface area contributed by atoms with Crippen molar-refractivity contribution in [2.45, 2.75) is 19.9 Å². The number of nitrogens with two attached hydrogens (primary N) is 1. The summed E-state index contributed by atoms with van der Waals surface area (Å²) in [5.74, 6) is 0.909. The number of anilines is 1. The van der Waals surface area contributed by atoms with Crippen molar-refractivity contribution < 1.29 is 0 Å². The molecule has 0 aliphatic rings. The van der Waals surface area contributed by atoms with Gasteiger partial charge in [-0.15, -0.1) is 6.58 Å². The van der Waals surface area contributed by atoms with Crippen molar-refractivity contribution in [3.05, 3.63) is 35.5 Å². The highest BCUT2D eigenvalue weighted by molar-refractivity contribution is 6.31. The third-order valence-electron chi connectivity index (χ3n) is 2.31. The van der Waals surface area contributed by atoms with Gasteiger partial charge in [-0.3, -0.25) is 0 Å². The third kappa shape index (κ3) is 3.22. The summed E-state index contributed by atoms with van der Waals surface area (Å²) in [5, 5.41) is 0.626. The minimum atomic E-state index is 0.433. The fraction of sp³-hybridized carbons (Fsp3) is 0.417. The van der Waals surface area contributed by atoms with E-state index in [0.29, 0.717) is 11.6 Å². The fourth-order valence-corrected chi connectivity index (χ4v) is 1.70. The van der Waals surface area contributed by atoms with Crippen molar-refractivity contribution in [1.82, 2.24) is 4.98 Å². The zero-order valence-corrected chi connectivity index (χ0v) is 10.4. The molecule has 1 heterocycles. The van der Waals surface area contributed by atoms with Crippen molar-refractivity contribution in [3.8, 4) is 0 Å². The largest absolute Gasteiger partial charge is 0.353 e. The highest BCUT2D eigenvalue weighted by Gasteiger charge is 2.07. The molecule has 0 aliphatic heterocycles. The van der Waals surface area contributed by atoms with E-state index in [4.69, 9.17) is 17.3 Å². The van der Waals surface area contributed by atoms with Gasteiger partial charge in [-0.05, 0) is 18.1 Å². The summed E-state index contributed by atoms with van der Waals surface area (Å²) in [4.78, 5) is 6.47. The minimum Gasteiger partial charge on any atom is -0.353 e. The molecule has 1 aromatic heterocycles. The average Bonchev–Trinajstić information content (AvgIpc) is 2.29. The molecule has 2 N–H and O–H groups in total. The first-order valence-corrected chi connectivity index (χ1v) is 5.81. The normalized spacial score (nSPS) is 10.2. The van der Waals surface area contributed by atoms with Crippen molar-refractivity contribution in [1.29, 1.82) is 0 Å². The van der Waals surface area contributed by atoms with Crippen LogP contribution in [0.15, 0.2) is 24.9 Å². The maximum absolute atomic E-state index is 5.97.